The lowest BCUT2D eigenvalue weighted by Gasteiger charge is -2.34. The summed E-state index contributed by atoms with van der Waals surface area (Å²) in [5.41, 5.74) is 1.55. The van der Waals surface area contributed by atoms with Gasteiger partial charge in [-0.05, 0) is 69.2 Å². The van der Waals surface area contributed by atoms with Gasteiger partial charge in [-0.3, -0.25) is 13.9 Å². The highest BCUT2D eigenvalue weighted by Gasteiger charge is 2.34. The Balaban J connectivity index is 2.10. The van der Waals surface area contributed by atoms with Gasteiger partial charge in [0.2, 0.25) is 11.8 Å². The van der Waals surface area contributed by atoms with Gasteiger partial charge in [-0.2, -0.15) is 0 Å². The zero-order chi connectivity index (χ0) is 30.3. The van der Waals surface area contributed by atoms with Gasteiger partial charge in [0.05, 0.1) is 10.6 Å². The summed E-state index contributed by atoms with van der Waals surface area (Å²) in [7, 11) is -4.21. The minimum atomic E-state index is -4.21. The van der Waals surface area contributed by atoms with Gasteiger partial charge in [0.1, 0.15) is 12.6 Å². The first kappa shape index (κ1) is 32.7. The quantitative estimate of drug-likeness (QED) is 0.235. The first-order valence-electron chi connectivity index (χ1n) is 13.3. The van der Waals surface area contributed by atoms with E-state index < -0.39 is 28.5 Å². The standard InChI is InChI=1S/C30H34Cl3N3O4S/c1-5-21(4)34-30(38)28(6-2)35(18-25-26(32)11-8-12-27(25)33)29(37)19-36(23-10-7-9-22(31)17-23)41(39,40)24-15-13-20(3)14-16-24/h7-17,21,28H,5-6,18-19H2,1-4H3,(H,34,38)/t21-,28+/m0/s1. The minimum Gasteiger partial charge on any atom is -0.352 e. The SMILES string of the molecule is CC[C@H](C(=O)N[C@@H](C)CC)N(Cc1c(Cl)cccc1Cl)C(=O)CN(c1cccc(Cl)c1)S(=O)(=O)c1ccc(C)cc1. The number of halogens is 3. The summed E-state index contributed by atoms with van der Waals surface area (Å²) in [6.45, 7) is 6.76. The second-order valence-electron chi connectivity index (χ2n) is 9.77. The Hall–Kier alpha value is -2.78. The topological polar surface area (TPSA) is 86.8 Å². The molecule has 1 N–H and O–H groups in total. The number of sulfonamides is 1. The first-order chi connectivity index (χ1) is 19.4. The molecule has 220 valence electrons. The van der Waals surface area contributed by atoms with Gasteiger partial charge in [0.15, 0.2) is 0 Å². The van der Waals surface area contributed by atoms with E-state index in [4.69, 9.17) is 34.8 Å². The second kappa shape index (κ2) is 14.4. The average molecular weight is 639 g/mol. The lowest BCUT2D eigenvalue weighted by molar-refractivity contribution is -0.140. The molecule has 0 unspecified atom stereocenters. The Morgan fingerprint density at radius 3 is 2.07 bits per heavy atom. The molecule has 0 spiro atoms. The van der Waals surface area contributed by atoms with Crippen LogP contribution in [0.15, 0.2) is 71.6 Å². The summed E-state index contributed by atoms with van der Waals surface area (Å²) in [5, 5.41) is 3.89. The summed E-state index contributed by atoms with van der Waals surface area (Å²) >= 11 is 19.1. The number of aryl methyl sites for hydroxylation is 1. The summed E-state index contributed by atoms with van der Waals surface area (Å²) in [5.74, 6) is -0.961. The molecule has 7 nitrogen and oxygen atoms in total. The number of hydrogen-bond donors (Lipinski definition) is 1. The molecule has 0 aliphatic heterocycles. The van der Waals surface area contributed by atoms with Crippen LogP contribution in [-0.4, -0.2) is 43.8 Å². The lowest BCUT2D eigenvalue weighted by Crippen LogP contribution is -2.53. The normalized spacial score (nSPS) is 12.9. The molecule has 2 atom stereocenters. The highest BCUT2D eigenvalue weighted by atomic mass is 35.5. The van der Waals surface area contributed by atoms with Crippen molar-refractivity contribution in [3.05, 3.63) is 92.9 Å². The third-order valence-electron chi connectivity index (χ3n) is 6.76. The van der Waals surface area contributed by atoms with Crippen LogP contribution in [-0.2, 0) is 26.2 Å². The van der Waals surface area contributed by atoms with Crippen molar-refractivity contribution >= 4 is 62.3 Å². The number of carbonyl (C=O) groups excluding carboxylic acids is 2. The van der Waals surface area contributed by atoms with Gasteiger partial charge in [-0.15, -0.1) is 0 Å². The van der Waals surface area contributed by atoms with E-state index in [9.17, 15) is 18.0 Å². The molecular formula is C30H34Cl3N3O4S. The Labute approximate surface area is 257 Å². The van der Waals surface area contributed by atoms with Crippen LogP contribution in [0.25, 0.3) is 0 Å². The zero-order valence-electron chi connectivity index (χ0n) is 23.4. The van der Waals surface area contributed by atoms with E-state index in [1.807, 2.05) is 20.8 Å². The van der Waals surface area contributed by atoms with E-state index in [2.05, 4.69) is 5.32 Å². The van der Waals surface area contributed by atoms with Crippen molar-refractivity contribution in [3.8, 4) is 0 Å². The first-order valence-corrected chi connectivity index (χ1v) is 15.8. The van der Waals surface area contributed by atoms with Crippen LogP contribution in [0.5, 0.6) is 0 Å². The number of carbonyl (C=O) groups is 2. The van der Waals surface area contributed by atoms with Crippen molar-refractivity contribution in [2.24, 2.45) is 0 Å². The highest BCUT2D eigenvalue weighted by molar-refractivity contribution is 7.92. The van der Waals surface area contributed by atoms with E-state index in [1.54, 1.807) is 55.5 Å². The molecule has 0 aliphatic rings. The number of benzene rings is 3. The van der Waals surface area contributed by atoms with Crippen LogP contribution < -0.4 is 9.62 Å². The smallest absolute Gasteiger partial charge is 0.264 e. The molecule has 0 radical (unpaired) electrons. The predicted molar refractivity (Wildman–Crippen MR) is 166 cm³/mol. The predicted octanol–water partition coefficient (Wildman–Crippen LogP) is 6.87. The monoisotopic (exact) mass is 637 g/mol. The van der Waals surface area contributed by atoms with Gasteiger partial charge in [0.25, 0.3) is 10.0 Å². The number of nitrogens with zero attached hydrogens (tertiary/aromatic N) is 2. The van der Waals surface area contributed by atoms with Crippen molar-refractivity contribution in [1.82, 2.24) is 10.2 Å². The molecule has 2 amide bonds. The molecule has 0 saturated carbocycles. The molecule has 3 aromatic rings. The van der Waals surface area contributed by atoms with E-state index in [0.29, 0.717) is 27.1 Å². The van der Waals surface area contributed by atoms with Crippen molar-refractivity contribution in [1.29, 1.82) is 0 Å². The molecule has 3 rings (SSSR count). The zero-order valence-corrected chi connectivity index (χ0v) is 26.5. The van der Waals surface area contributed by atoms with Crippen LogP contribution in [0, 0.1) is 6.92 Å². The third kappa shape index (κ3) is 8.16. The van der Waals surface area contributed by atoms with Crippen molar-refractivity contribution in [2.45, 2.75) is 64.1 Å². The maximum absolute atomic E-state index is 14.2. The Morgan fingerprint density at radius 1 is 0.902 bits per heavy atom. The molecule has 3 aromatic carbocycles. The molecule has 0 aromatic heterocycles. The van der Waals surface area contributed by atoms with E-state index in [-0.39, 0.29) is 35.5 Å². The van der Waals surface area contributed by atoms with E-state index in [0.717, 1.165) is 9.87 Å². The molecule has 0 aliphatic carbocycles. The van der Waals surface area contributed by atoms with Gasteiger partial charge in [-0.25, -0.2) is 8.42 Å². The average Bonchev–Trinajstić information content (AvgIpc) is 2.93. The summed E-state index contributed by atoms with van der Waals surface area (Å²) in [4.78, 5) is 28.9. The summed E-state index contributed by atoms with van der Waals surface area (Å²) in [6.07, 6.45) is 0.974. The lowest BCUT2D eigenvalue weighted by atomic mass is 10.1. The fourth-order valence-electron chi connectivity index (χ4n) is 4.21. The number of amides is 2. The second-order valence-corrected chi connectivity index (χ2v) is 12.9. The molecule has 41 heavy (non-hydrogen) atoms. The maximum atomic E-state index is 14.2. The Morgan fingerprint density at radius 2 is 1.51 bits per heavy atom. The van der Waals surface area contributed by atoms with Gasteiger partial charge < -0.3 is 10.2 Å². The molecule has 0 heterocycles. The number of nitrogens with one attached hydrogen (secondary N) is 1. The van der Waals surface area contributed by atoms with Crippen LogP contribution >= 0.6 is 34.8 Å². The molecular weight excluding hydrogens is 605 g/mol. The van der Waals surface area contributed by atoms with Crippen molar-refractivity contribution in [2.75, 3.05) is 10.8 Å². The fraction of sp³-hybridized carbons (Fsp3) is 0.333. The molecule has 0 bridgehead atoms. The molecule has 11 heteroatoms. The largest absolute Gasteiger partial charge is 0.352 e. The third-order valence-corrected chi connectivity index (χ3v) is 9.49. The van der Waals surface area contributed by atoms with Crippen LogP contribution in [0.2, 0.25) is 15.1 Å². The van der Waals surface area contributed by atoms with Crippen LogP contribution in [0.4, 0.5) is 5.69 Å². The van der Waals surface area contributed by atoms with Gasteiger partial charge in [0, 0.05) is 33.2 Å². The van der Waals surface area contributed by atoms with Crippen molar-refractivity contribution < 1.29 is 18.0 Å². The summed E-state index contributed by atoms with van der Waals surface area (Å²) in [6, 6.07) is 16.5. The fourth-order valence-corrected chi connectivity index (χ4v) is 6.32. The van der Waals surface area contributed by atoms with Crippen molar-refractivity contribution in [3.63, 3.8) is 0 Å². The molecule has 0 fully saturated rings. The maximum Gasteiger partial charge on any atom is 0.264 e. The summed E-state index contributed by atoms with van der Waals surface area (Å²) < 4.78 is 28.9. The number of anilines is 1. The number of hydrogen-bond acceptors (Lipinski definition) is 4. The number of rotatable bonds is 12. The van der Waals surface area contributed by atoms with Crippen LogP contribution in [0.3, 0.4) is 0 Å². The Kier molecular flexibility index (Phi) is 11.5. The van der Waals surface area contributed by atoms with Gasteiger partial charge in [-0.1, -0.05) is 78.5 Å². The molecule has 0 saturated heterocycles. The van der Waals surface area contributed by atoms with Crippen LogP contribution in [0.1, 0.15) is 44.7 Å². The minimum absolute atomic E-state index is 0.0122. The highest BCUT2D eigenvalue weighted by Crippen LogP contribution is 2.29. The van der Waals surface area contributed by atoms with E-state index in [1.165, 1.54) is 23.1 Å². The van der Waals surface area contributed by atoms with E-state index >= 15 is 0 Å². The Bertz CT molecular complexity index is 1460. The van der Waals surface area contributed by atoms with Gasteiger partial charge >= 0.3 is 0 Å².